The molecule has 1 fully saturated rings. The Hall–Kier alpha value is -2.34. The van der Waals surface area contributed by atoms with E-state index in [1.54, 1.807) is 6.07 Å². The third-order valence-electron chi connectivity index (χ3n) is 4.76. The van der Waals surface area contributed by atoms with Crippen LogP contribution in [0.2, 0.25) is 0 Å². The number of nitrogens with one attached hydrogen (secondary N) is 1. The minimum atomic E-state index is 0.201. The molecule has 0 spiro atoms. The standard InChI is InChI=1S/C20H28N4O2/c1-3-15-12-21-20(22-13-15)23-17-7-9-24(10-8-17)14-16-5-6-18(25)19(11-16)26-4-2/h5-6,11-13,17,25H,3-4,7-10,14H2,1-2H3,(H,21,22,23). The summed E-state index contributed by atoms with van der Waals surface area (Å²) >= 11 is 0. The molecule has 1 aromatic carbocycles. The van der Waals surface area contributed by atoms with Crippen molar-refractivity contribution in [1.82, 2.24) is 14.9 Å². The smallest absolute Gasteiger partial charge is 0.222 e. The molecule has 1 aliphatic rings. The quantitative estimate of drug-likeness (QED) is 0.794. The van der Waals surface area contributed by atoms with Crippen molar-refractivity contribution in [2.75, 3.05) is 25.0 Å². The van der Waals surface area contributed by atoms with Gasteiger partial charge < -0.3 is 15.2 Å². The zero-order valence-corrected chi connectivity index (χ0v) is 15.6. The summed E-state index contributed by atoms with van der Waals surface area (Å²) in [5, 5.41) is 13.3. The van der Waals surface area contributed by atoms with Gasteiger partial charge in [-0.1, -0.05) is 13.0 Å². The van der Waals surface area contributed by atoms with Gasteiger partial charge in [-0.3, -0.25) is 4.90 Å². The highest BCUT2D eigenvalue weighted by atomic mass is 16.5. The molecule has 1 aromatic heterocycles. The molecule has 0 aliphatic carbocycles. The van der Waals surface area contributed by atoms with Crippen LogP contribution in [0, 0.1) is 0 Å². The van der Waals surface area contributed by atoms with E-state index >= 15 is 0 Å². The molecular weight excluding hydrogens is 328 g/mol. The highest BCUT2D eigenvalue weighted by Crippen LogP contribution is 2.28. The Morgan fingerprint density at radius 3 is 2.54 bits per heavy atom. The minimum absolute atomic E-state index is 0.201. The van der Waals surface area contributed by atoms with Crippen molar-refractivity contribution < 1.29 is 9.84 Å². The van der Waals surface area contributed by atoms with Crippen LogP contribution < -0.4 is 10.1 Å². The lowest BCUT2D eigenvalue weighted by molar-refractivity contribution is 0.210. The van der Waals surface area contributed by atoms with Gasteiger partial charge >= 0.3 is 0 Å². The van der Waals surface area contributed by atoms with Gasteiger partial charge in [0.15, 0.2) is 11.5 Å². The first-order valence-corrected chi connectivity index (χ1v) is 9.42. The molecule has 2 heterocycles. The number of rotatable bonds is 7. The van der Waals surface area contributed by atoms with Gasteiger partial charge in [-0.25, -0.2) is 9.97 Å². The SMILES string of the molecule is CCOc1cc(CN2CCC(Nc3ncc(CC)cn3)CC2)ccc1O. The number of benzene rings is 1. The lowest BCUT2D eigenvalue weighted by Crippen LogP contribution is -2.38. The number of hydrogen-bond acceptors (Lipinski definition) is 6. The van der Waals surface area contributed by atoms with Gasteiger partial charge in [-0.2, -0.15) is 0 Å². The zero-order valence-electron chi connectivity index (χ0n) is 15.6. The average molecular weight is 356 g/mol. The van der Waals surface area contributed by atoms with Crippen molar-refractivity contribution in [1.29, 1.82) is 0 Å². The monoisotopic (exact) mass is 356 g/mol. The van der Waals surface area contributed by atoms with E-state index in [-0.39, 0.29) is 5.75 Å². The Bertz CT molecular complexity index is 697. The third kappa shape index (κ3) is 4.85. The molecule has 2 aromatic rings. The molecule has 0 radical (unpaired) electrons. The number of nitrogens with zero attached hydrogens (tertiary/aromatic N) is 3. The Morgan fingerprint density at radius 1 is 1.15 bits per heavy atom. The van der Waals surface area contributed by atoms with Gasteiger partial charge in [0.25, 0.3) is 0 Å². The highest BCUT2D eigenvalue weighted by molar-refractivity contribution is 5.41. The minimum Gasteiger partial charge on any atom is -0.504 e. The molecule has 6 heteroatoms. The first kappa shape index (κ1) is 18.5. The number of piperidine rings is 1. The predicted octanol–water partition coefficient (Wildman–Crippen LogP) is 3.22. The van der Waals surface area contributed by atoms with Gasteiger partial charge in [-0.05, 0) is 49.4 Å². The first-order chi connectivity index (χ1) is 12.7. The second-order valence-corrected chi connectivity index (χ2v) is 6.70. The average Bonchev–Trinajstić information content (AvgIpc) is 2.67. The summed E-state index contributed by atoms with van der Waals surface area (Å²) in [5.74, 6) is 1.49. The summed E-state index contributed by atoms with van der Waals surface area (Å²) < 4.78 is 5.47. The lowest BCUT2D eigenvalue weighted by Gasteiger charge is -2.32. The Kier molecular flexibility index (Phi) is 6.28. The molecular formula is C20H28N4O2. The summed E-state index contributed by atoms with van der Waals surface area (Å²) in [5.41, 5.74) is 2.32. The molecule has 1 aliphatic heterocycles. The van der Waals surface area contributed by atoms with E-state index in [1.165, 1.54) is 0 Å². The number of aromatic hydroxyl groups is 1. The van der Waals surface area contributed by atoms with Crippen LogP contribution >= 0.6 is 0 Å². The van der Waals surface area contributed by atoms with Crippen molar-refractivity contribution in [3.05, 3.63) is 41.7 Å². The van der Waals surface area contributed by atoms with Crippen molar-refractivity contribution in [2.45, 2.75) is 45.7 Å². The highest BCUT2D eigenvalue weighted by Gasteiger charge is 2.20. The van der Waals surface area contributed by atoms with E-state index in [0.717, 1.165) is 56.0 Å². The summed E-state index contributed by atoms with van der Waals surface area (Å²) in [4.78, 5) is 11.2. The molecule has 26 heavy (non-hydrogen) atoms. The lowest BCUT2D eigenvalue weighted by atomic mass is 10.0. The van der Waals surface area contributed by atoms with Crippen LogP contribution in [-0.4, -0.2) is 45.7 Å². The number of ether oxygens (including phenoxy) is 1. The van der Waals surface area contributed by atoms with Gasteiger partial charge in [0.1, 0.15) is 0 Å². The maximum Gasteiger partial charge on any atom is 0.222 e. The Labute approximate surface area is 155 Å². The van der Waals surface area contributed by atoms with Crippen LogP contribution in [0.25, 0.3) is 0 Å². The van der Waals surface area contributed by atoms with E-state index < -0.39 is 0 Å². The molecule has 2 N–H and O–H groups in total. The van der Waals surface area contributed by atoms with Gasteiger partial charge in [0.05, 0.1) is 6.61 Å². The second kappa shape index (κ2) is 8.85. The molecule has 6 nitrogen and oxygen atoms in total. The summed E-state index contributed by atoms with van der Waals surface area (Å²) in [7, 11) is 0. The van der Waals surface area contributed by atoms with Crippen molar-refractivity contribution >= 4 is 5.95 Å². The van der Waals surface area contributed by atoms with E-state index in [4.69, 9.17) is 4.74 Å². The molecule has 0 saturated carbocycles. The van der Waals surface area contributed by atoms with E-state index in [0.29, 0.717) is 18.4 Å². The molecule has 0 amide bonds. The maximum absolute atomic E-state index is 9.82. The molecule has 3 rings (SSSR count). The largest absolute Gasteiger partial charge is 0.504 e. The molecule has 0 bridgehead atoms. The van der Waals surface area contributed by atoms with Crippen LogP contribution in [-0.2, 0) is 13.0 Å². The van der Waals surface area contributed by atoms with E-state index in [9.17, 15) is 5.11 Å². The van der Waals surface area contributed by atoms with Gasteiger partial charge in [0, 0.05) is 38.1 Å². The van der Waals surface area contributed by atoms with Crippen LogP contribution in [0.15, 0.2) is 30.6 Å². The number of aromatic nitrogens is 2. The van der Waals surface area contributed by atoms with E-state index in [2.05, 4.69) is 27.1 Å². The van der Waals surface area contributed by atoms with Crippen molar-refractivity contribution in [3.63, 3.8) is 0 Å². The maximum atomic E-state index is 9.82. The molecule has 1 saturated heterocycles. The van der Waals surface area contributed by atoms with Gasteiger partial charge in [0.2, 0.25) is 5.95 Å². The topological polar surface area (TPSA) is 70.5 Å². The fourth-order valence-electron chi connectivity index (χ4n) is 3.22. The van der Waals surface area contributed by atoms with E-state index in [1.807, 2.05) is 31.5 Å². The van der Waals surface area contributed by atoms with Crippen LogP contribution in [0.5, 0.6) is 11.5 Å². The summed E-state index contributed by atoms with van der Waals surface area (Å²) in [6.45, 7) is 7.49. The number of anilines is 1. The number of hydrogen-bond donors (Lipinski definition) is 2. The predicted molar refractivity (Wildman–Crippen MR) is 103 cm³/mol. The Balaban J connectivity index is 1.49. The third-order valence-corrected chi connectivity index (χ3v) is 4.76. The van der Waals surface area contributed by atoms with Crippen LogP contribution in [0.3, 0.4) is 0 Å². The first-order valence-electron chi connectivity index (χ1n) is 9.42. The molecule has 0 atom stereocenters. The molecule has 0 unspecified atom stereocenters. The number of phenols is 1. The second-order valence-electron chi connectivity index (χ2n) is 6.70. The van der Waals surface area contributed by atoms with Crippen molar-refractivity contribution in [3.8, 4) is 11.5 Å². The Morgan fingerprint density at radius 2 is 1.88 bits per heavy atom. The summed E-state index contributed by atoms with van der Waals surface area (Å²) in [6.07, 6.45) is 6.88. The fourth-order valence-corrected chi connectivity index (χ4v) is 3.22. The normalized spacial score (nSPS) is 15.8. The van der Waals surface area contributed by atoms with Crippen LogP contribution in [0.1, 0.15) is 37.8 Å². The summed E-state index contributed by atoms with van der Waals surface area (Å²) in [6, 6.07) is 6.03. The van der Waals surface area contributed by atoms with Crippen LogP contribution in [0.4, 0.5) is 5.95 Å². The fraction of sp³-hybridized carbons (Fsp3) is 0.500. The number of aryl methyl sites for hydroxylation is 1. The zero-order chi connectivity index (χ0) is 18.4. The van der Waals surface area contributed by atoms with Crippen molar-refractivity contribution in [2.24, 2.45) is 0 Å². The number of likely N-dealkylation sites (tertiary alicyclic amines) is 1. The number of phenolic OH excluding ortho intramolecular Hbond substituents is 1. The molecule has 140 valence electrons. The van der Waals surface area contributed by atoms with Gasteiger partial charge in [-0.15, -0.1) is 0 Å².